The van der Waals surface area contributed by atoms with Crippen molar-refractivity contribution in [1.29, 1.82) is 0 Å². The Morgan fingerprint density at radius 1 is 1.38 bits per heavy atom. The van der Waals surface area contributed by atoms with E-state index in [9.17, 15) is 0 Å². The van der Waals surface area contributed by atoms with Crippen LogP contribution in [0.3, 0.4) is 0 Å². The SMILES string of the molecule is CCN(CCCBr)Cc1ccc(Br)cc1Cl. The monoisotopic (exact) mass is 367 g/mol. The highest BCUT2D eigenvalue weighted by molar-refractivity contribution is 9.10. The number of rotatable bonds is 6. The summed E-state index contributed by atoms with van der Waals surface area (Å²) in [5.74, 6) is 0. The lowest BCUT2D eigenvalue weighted by Crippen LogP contribution is -2.24. The molecule has 0 N–H and O–H groups in total. The van der Waals surface area contributed by atoms with Gasteiger partial charge in [-0.2, -0.15) is 0 Å². The highest BCUT2D eigenvalue weighted by Gasteiger charge is 2.06. The molecule has 0 amide bonds. The highest BCUT2D eigenvalue weighted by Crippen LogP contribution is 2.22. The number of hydrogen-bond acceptors (Lipinski definition) is 1. The molecule has 1 aromatic carbocycles. The van der Waals surface area contributed by atoms with E-state index in [1.807, 2.05) is 12.1 Å². The number of halogens is 3. The van der Waals surface area contributed by atoms with Gasteiger partial charge in [-0.15, -0.1) is 0 Å². The molecule has 0 unspecified atom stereocenters. The minimum absolute atomic E-state index is 0.840. The van der Waals surface area contributed by atoms with Gasteiger partial charge in [-0.3, -0.25) is 4.90 Å². The summed E-state index contributed by atoms with van der Waals surface area (Å²) in [7, 11) is 0. The van der Waals surface area contributed by atoms with Crippen LogP contribution >= 0.6 is 43.5 Å². The van der Waals surface area contributed by atoms with Crippen LogP contribution in [0, 0.1) is 0 Å². The van der Waals surface area contributed by atoms with Crippen molar-refractivity contribution >= 4 is 43.5 Å². The van der Waals surface area contributed by atoms with E-state index in [1.165, 1.54) is 12.0 Å². The molecule has 16 heavy (non-hydrogen) atoms. The normalized spacial score (nSPS) is 11.1. The van der Waals surface area contributed by atoms with Crippen molar-refractivity contribution in [3.63, 3.8) is 0 Å². The second-order valence-corrected chi connectivity index (χ2v) is 5.76. The summed E-state index contributed by atoms with van der Waals surface area (Å²) in [6, 6.07) is 6.08. The van der Waals surface area contributed by atoms with Gasteiger partial charge < -0.3 is 0 Å². The number of nitrogens with zero attached hydrogens (tertiary/aromatic N) is 1. The lowest BCUT2D eigenvalue weighted by Gasteiger charge is -2.20. The van der Waals surface area contributed by atoms with Crippen LogP contribution in [0.4, 0.5) is 0 Å². The largest absolute Gasteiger partial charge is 0.299 e. The zero-order valence-electron chi connectivity index (χ0n) is 9.35. The highest BCUT2D eigenvalue weighted by atomic mass is 79.9. The third-order valence-corrected chi connectivity index (χ3v) is 3.87. The average Bonchev–Trinajstić information content (AvgIpc) is 2.27. The molecule has 0 aliphatic heterocycles. The van der Waals surface area contributed by atoms with Gasteiger partial charge in [0.05, 0.1) is 0 Å². The van der Waals surface area contributed by atoms with Gasteiger partial charge in [0, 0.05) is 21.4 Å². The van der Waals surface area contributed by atoms with Gasteiger partial charge >= 0.3 is 0 Å². The van der Waals surface area contributed by atoms with Gasteiger partial charge in [0.2, 0.25) is 0 Å². The molecule has 0 radical (unpaired) electrons. The molecule has 4 heteroatoms. The van der Waals surface area contributed by atoms with Crippen LogP contribution < -0.4 is 0 Å². The lowest BCUT2D eigenvalue weighted by molar-refractivity contribution is 0.282. The van der Waals surface area contributed by atoms with Crippen LogP contribution in [0.25, 0.3) is 0 Å². The fourth-order valence-electron chi connectivity index (χ4n) is 1.52. The zero-order chi connectivity index (χ0) is 12.0. The van der Waals surface area contributed by atoms with E-state index in [2.05, 4.69) is 49.7 Å². The summed E-state index contributed by atoms with van der Waals surface area (Å²) in [5, 5.41) is 1.89. The molecule has 0 saturated carbocycles. The minimum atomic E-state index is 0.840. The Kier molecular flexibility index (Phi) is 6.97. The molecule has 1 rings (SSSR count). The van der Waals surface area contributed by atoms with Gasteiger partial charge in [-0.25, -0.2) is 0 Å². The molecule has 0 bridgehead atoms. The van der Waals surface area contributed by atoms with Crippen LogP contribution in [0.2, 0.25) is 5.02 Å². The van der Waals surface area contributed by atoms with Crippen molar-refractivity contribution in [3.8, 4) is 0 Å². The summed E-state index contributed by atoms with van der Waals surface area (Å²) in [4.78, 5) is 2.40. The molecule has 0 aliphatic carbocycles. The lowest BCUT2D eigenvalue weighted by atomic mass is 10.2. The maximum absolute atomic E-state index is 6.20. The number of benzene rings is 1. The fourth-order valence-corrected chi connectivity index (χ4v) is 2.51. The van der Waals surface area contributed by atoms with Gasteiger partial charge in [-0.05, 0) is 37.2 Å². The Morgan fingerprint density at radius 2 is 2.12 bits per heavy atom. The van der Waals surface area contributed by atoms with Crippen LogP contribution in [0.1, 0.15) is 18.9 Å². The van der Waals surface area contributed by atoms with Gasteiger partial charge in [0.1, 0.15) is 0 Å². The van der Waals surface area contributed by atoms with Crippen LogP contribution in [-0.4, -0.2) is 23.3 Å². The van der Waals surface area contributed by atoms with Crippen molar-refractivity contribution in [1.82, 2.24) is 4.90 Å². The molecule has 0 aromatic heterocycles. The molecule has 0 atom stereocenters. The first-order valence-corrected chi connectivity index (χ1v) is 7.69. The van der Waals surface area contributed by atoms with Crippen molar-refractivity contribution in [3.05, 3.63) is 33.3 Å². The van der Waals surface area contributed by atoms with Crippen LogP contribution in [0.15, 0.2) is 22.7 Å². The first-order valence-electron chi connectivity index (χ1n) is 5.39. The van der Waals surface area contributed by atoms with E-state index in [-0.39, 0.29) is 0 Å². The number of alkyl halides is 1. The smallest absolute Gasteiger partial charge is 0.0462 e. The van der Waals surface area contributed by atoms with Gasteiger partial charge in [0.15, 0.2) is 0 Å². The summed E-state index contributed by atoms with van der Waals surface area (Å²) >= 11 is 13.1. The summed E-state index contributed by atoms with van der Waals surface area (Å²) in [6.45, 7) is 5.27. The van der Waals surface area contributed by atoms with Gasteiger partial charge in [-0.1, -0.05) is 56.5 Å². The fraction of sp³-hybridized carbons (Fsp3) is 0.500. The van der Waals surface area contributed by atoms with E-state index < -0.39 is 0 Å². The van der Waals surface area contributed by atoms with E-state index in [0.29, 0.717) is 0 Å². The van der Waals surface area contributed by atoms with Crippen molar-refractivity contribution in [2.24, 2.45) is 0 Å². The molecule has 0 heterocycles. The predicted octanol–water partition coefficient (Wildman–Crippen LogP) is 4.71. The Morgan fingerprint density at radius 3 is 2.69 bits per heavy atom. The summed E-state index contributed by atoms with van der Waals surface area (Å²) in [6.07, 6.45) is 1.17. The Balaban J connectivity index is 2.62. The maximum Gasteiger partial charge on any atom is 0.0462 e. The first-order chi connectivity index (χ1) is 7.67. The Hall–Kier alpha value is 0.430. The average molecular weight is 370 g/mol. The summed E-state index contributed by atoms with van der Waals surface area (Å²) in [5.41, 5.74) is 1.20. The molecular formula is C12H16Br2ClN. The molecule has 90 valence electrons. The molecular weight excluding hydrogens is 353 g/mol. The zero-order valence-corrected chi connectivity index (χ0v) is 13.3. The van der Waals surface area contributed by atoms with Gasteiger partial charge in [0.25, 0.3) is 0 Å². The van der Waals surface area contributed by atoms with Crippen LogP contribution in [0.5, 0.6) is 0 Å². The third-order valence-electron chi connectivity index (χ3n) is 2.46. The third kappa shape index (κ3) is 4.74. The van der Waals surface area contributed by atoms with E-state index in [1.54, 1.807) is 0 Å². The molecule has 0 saturated heterocycles. The van der Waals surface area contributed by atoms with Crippen molar-refractivity contribution in [2.45, 2.75) is 19.9 Å². The quantitative estimate of drug-likeness (QED) is 0.657. The molecule has 0 spiro atoms. The predicted molar refractivity (Wildman–Crippen MR) is 78.5 cm³/mol. The topological polar surface area (TPSA) is 3.24 Å². The van der Waals surface area contributed by atoms with Crippen molar-refractivity contribution < 1.29 is 0 Å². The molecule has 1 aromatic rings. The van der Waals surface area contributed by atoms with E-state index in [4.69, 9.17) is 11.6 Å². The minimum Gasteiger partial charge on any atom is -0.299 e. The van der Waals surface area contributed by atoms with Crippen LogP contribution in [-0.2, 0) is 6.54 Å². The van der Waals surface area contributed by atoms with Crippen molar-refractivity contribution in [2.75, 3.05) is 18.4 Å². The van der Waals surface area contributed by atoms with E-state index in [0.717, 1.165) is 34.5 Å². The Bertz CT molecular complexity index is 331. The van der Waals surface area contributed by atoms with E-state index >= 15 is 0 Å². The Labute approximate surface area is 119 Å². The second-order valence-electron chi connectivity index (χ2n) is 3.65. The maximum atomic E-state index is 6.20. The molecule has 0 fully saturated rings. The number of hydrogen-bond donors (Lipinski definition) is 0. The standard InChI is InChI=1S/C12H16Br2ClN/c1-2-16(7-3-6-13)9-10-4-5-11(14)8-12(10)15/h4-5,8H,2-3,6-7,9H2,1H3. The first kappa shape index (κ1) is 14.5. The molecule has 0 aliphatic rings. The molecule has 1 nitrogen and oxygen atoms in total. The summed E-state index contributed by atoms with van der Waals surface area (Å²) < 4.78 is 1.03. The second kappa shape index (κ2) is 7.70.